The maximum Gasteiger partial charge on any atom is 0.229 e. The van der Waals surface area contributed by atoms with Crippen molar-refractivity contribution in [1.29, 1.82) is 0 Å². The van der Waals surface area contributed by atoms with Gasteiger partial charge in [0.15, 0.2) is 0 Å². The number of rotatable bonds is 2. The van der Waals surface area contributed by atoms with Gasteiger partial charge in [0.25, 0.3) is 0 Å². The number of hydrogen-bond acceptors (Lipinski definition) is 3. The summed E-state index contributed by atoms with van der Waals surface area (Å²) in [6, 6.07) is 2.72. The van der Waals surface area contributed by atoms with Gasteiger partial charge in [-0.25, -0.2) is 0 Å². The molecule has 2 aliphatic heterocycles. The van der Waals surface area contributed by atoms with E-state index in [2.05, 4.69) is 20.4 Å². The third-order valence-electron chi connectivity index (χ3n) is 3.84. The predicted molar refractivity (Wildman–Crippen MR) is 63.4 cm³/mol. The average Bonchev–Trinajstić information content (AvgIpc) is 2.85. The summed E-state index contributed by atoms with van der Waals surface area (Å²) in [4.78, 5) is 14.4. The van der Waals surface area contributed by atoms with E-state index in [4.69, 9.17) is 0 Å². The Bertz CT molecular complexity index is 375. The molecule has 0 saturated carbocycles. The van der Waals surface area contributed by atoms with Crippen LogP contribution in [-0.2, 0) is 11.2 Å². The van der Waals surface area contributed by atoms with Gasteiger partial charge in [0.05, 0.1) is 6.42 Å². The Labute approximate surface area is 101 Å². The number of nitrogens with one attached hydrogen (secondary N) is 2. The zero-order valence-electron chi connectivity index (χ0n) is 9.85. The minimum absolute atomic E-state index is 0.241. The number of fused-ring (bicyclic) bond motifs is 2. The van der Waals surface area contributed by atoms with Gasteiger partial charge in [-0.15, -0.1) is 0 Å². The minimum Gasteiger partial charge on any atom is -0.335 e. The van der Waals surface area contributed by atoms with E-state index in [1.165, 1.54) is 6.42 Å². The summed E-state index contributed by atoms with van der Waals surface area (Å²) in [6.07, 6.45) is 5.55. The van der Waals surface area contributed by atoms with Gasteiger partial charge < -0.3 is 10.2 Å². The zero-order valence-corrected chi connectivity index (χ0v) is 9.85. The van der Waals surface area contributed by atoms with Crippen LogP contribution in [0.4, 0.5) is 0 Å². The highest BCUT2D eigenvalue weighted by molar-refractivity contribution is 5.79. The number of carbonyl (C=O) groups excluding carboxylic acids is 1. The Hall–Kier alpha value is -1.36. The van der Waals surface area contributed by atoms with E-state index < -0.39 is 0 Å². The molecule has 2 fully saturated rings. The van der Waals surface area contributed by atoms with Crippen LogP contribution in [0.1, 0.15) is 25.0 Å². The van der Waals surface area contributed by atoms with Crippen molar-refractivity contribution in [2.75, 3.05) is 13.1 Å². The van der Waals surface area contributed by atoms with Crippen LogP contribution in [0.25, 0.3) is 0 Å². The highest BCUT2D eigenvalue weighted by Gasteiger charge is 2.37. The highest BCUT2D eigenvalue weighted by Crippen LogP contribution is 2.28. The second kappa shape index (κ2) is 4.49. The molecule has 5 heteroatoms. The van der Waals surface area contributed by atoms with Gasteiger partial charge in [0.2, 0.25) is 5.91 Å². The third-order valence-corrected chi connectivity index (χ3v) is 3.84. The molecule has 2 unspecified atom stereocenters. The first-order valence-electron chi connectivity index (χ1n) is 6.35. The Balaban J connectivity index is 1.72. The monoisotopic (exact) mass is 234 g/mol. The lowest BCUT2D eigenvalue weighted by molar-refractivity contribution is -0.133. The Morgan fingerprint density at radius 3 is 3.12 bits per heavy atom. The van der Waals surface area contributed by atoms with Crippen molar-refractivity contribution < 1.29 is 4.79 Å². The lowest BCUT2D eigenvalue weighted by atomic mass is 10.1. The first-order chi connectivity index (χ1) is 8.34. The summed E-state index contributed by atoms with van der Waals surface area (Å²) in [7, 11) is 0. The van der Waals surface area contributed by atoms with Gasteiger partial charge in [-0.05, 0) is 31.9 Å². The smallest absolute Gasteiger partial charge is 0.229 e. The molecule has 2 bridgehead atoms. The summed E-state index contributed by atoms with van der Waals surface area (Å²) in [5.41, 5.74) is 0.909. The molecule has 2 aliphatic rings. The summed E-state index contributed by atoms with van der Waals surface area (Å²) in [6.45, 7) is 1.99. The number of H-pyrrole nitrogens is 1. The molecular weight excluding hydrogens is 216 g/mol. The van der Waals surface area contributed by atoms with Crippen LogP contribution in [0.15, 0.2) is 12.3 Å². The highest BCUT2D eigenvalue weighted by atomic mass is 16.2. The maximum absolute atomic E-state index is 12.3. The van der Waals surface area contributed by atoms with Gasteiger partial charge in [0.1, 0.15) is 0 Å². The fraction of sp³-hybridized carbons (Fsp3) is 0.667. The van der Waals surface area contributed by atoms with Crippen LogP contribution in [0, 0.1) is 0 Å². The van der Waals surface area contributed by atoms with Crippen LogP contribution in [0.2, 0.25) is 0 Å². The van der Waals surface area contributed by atoms with Crippen LogP contribution in [-0.4, -0.2) is 46.2 Å². The summed E-state index contributed by atoms with van der Waals surface area (Å²) >= 11 is 0. The molecular formula is C12H18N4O. The van der Waals surface area contributed by atoms with Crippen molar-refractivity contribution in [2.45, 2.75) is 37.8 Å². The molecule has 92 valence electrons. The van der Waals surface area contributed by atoms with Crippen molar-refractivity contribution in [3.05, 3.63) is 18.0 Å². The molecule has 3 rings (SSSR count). The largest absolute Gasteiger partial charge is 0.335 e. The molecule has 3 heterocycles. The second-order valence-corrected chi connectivity index (χ2v) is 4.94. The average molecular weight is 234 g/mol. The molecule has 0 aromatic carbocycles. The van der Waals surface area contributed by atoms with Crippen molar-refractivity contribution in [3.8, 4) is 0 Å². The van der Waals surface area contributed by atoms with Crippen LogP contribution < -0.4 is 5.32 Å². The number of amides is 1. The van der Waals surface area contributed by atoms with Crippen molar-refractivity contribution in [1.82, 2.24) is 20.4 Å². The fourth-order valence-corrected chi connectivity index (χ4v) is 3.03. The van der Waals surface area contributed by atoms with Crippen LogP contribution in [0.3, 0.4) is 0 Å². The topological polar surface area (TPSA) is 61.0 Å². The number of hydrogen-bond donors (Lipinski definition) is 2. The fourth-order valence-electron chi connectivity index (χ4n) is 3.03. The predicted octanol–water partition coefficient (Wildman–Crippen LogP) is 0.305. The van der Waals surface area contributed by atoms with E-state index in [1.807, 2.05) is 6.07 Å². The molecule has 5 nitrogen and oxygen atoms in total. The van der Waals surface area contributed by atoms with E-state index in [0.29, 0.717) is 18.5 Å². The molecule has 2 atom stereocenters. The second-order valence-electron chi connectivity index (χ2n) is 4.94. The third kappa shape index (κ3) is 2.07. The lowest BCUT2D eigenvalue weighted by Gasteiger charge is -2.27. The molecule has 1 aromatic heterocycles. The first kappa shape index (κ1) is 10.8. The molecule has 2 N–H and O–H groups in total. The van der Waals surface area contributed by atoms with E-state index in [9.17, 15) is 4.79 Å². The van der Waals surface area contributed by atoms with Crippen molar-refractivity contribution in [2.24, 2.45) is 0 Å². The maximum atomic E-state index is 12.3. The van der Waals surface area contributed by atoms with E-state index >= 15 is 0 Å². The molecule has 0 spiro atoms. The van der Waals surface area contributed by atoms with Crippen LogP contribution in [0.5, 0.6) is 0 Å². The molecule has 0 radical (unpaired) electrons. The van der Waals surface area contributed by atoms with E-state index in [1.54, 1.807) is 6.20 Å². The standard InChI is InChI=1S/C12H18N4O/c17-12(7-9-3-6-14-15-9)16-10-1-2-11(16)8-13-5-4-10/h3,6,10-11,13H,1-2,4-5,7-8H2,(H,14,15). The van der Waals surface area contributed by atoms with Gasteiger partial charge in [-0.2, -0.15) is 5.10 Å². The number of aromatic nitrogens is 2. The molecule has 1 aromatic rings. The van der Waals surface area contributed by atoms with Crippen LogP contribution >= 0.6 is 0 Å². The zero-order chi connectivity index (χ0) is 11.7. The quantitative estimate of drug-likeness (QED) is 0.774. The summed E-state index contributed by atoms with van der Waals surface area (Å²) < 4.78 is 0. The molecule has 2 saturated heterocycles. The summed E-state index contributed by atoms with van der Waals surface area (Å²) in [5, 5.41) is 10.2. The Morgan fingerprint density at radius 2 is 2.29 bits per heavy atom. The first-order valence-corrected chi connectivity index (χ1v) is 6.35. The molecule has 17 heavy (non-hydrogen) atoms. The van der Waals surface area contributed by atoms with E-state index in [0.717, 1.165) is 31.6 Å². The number of carbonyl (C=O) groups is 1. The van der Waals surface area contributed by atoms with Gasteiger partial charge in [-0.3, -0.25) is 9.89 Å². The lowest BCUT2D eigenvalue weighted by Crippen LogP contribution is -2.43. The van der Waals surface area contributed by atoms with Gasteiger partial charge in [0, 0.05) is 30.5 Å². The van der Waals surface area contributed by atoms with E-state index in [-0.39, 0.29) is 5.91 Å². The Kier molecular flexibility index (Phi) is 2.84. The Morgan fingerprint density at radius 1 is 1.41 bits per heavy atom. The van der Waals surface area contributed by atoms with Crippen molar-refractivity contribution >= 4 is 5.91 Å². The minimum atomic E-state index is 0.241. The van der Waals surface area contributed by atoms with Gasteiger partial charge in [-0.1, -0.05) is 0 Å². The van der Waals surface area contributed by atoms with Crippen molar-refractivity contribution in [3.63, 3.8) is 0 Å². The SMILES string of the molecule is O=C(Cc1ccn[nH]1)N1C2CCNCC1CC2. The number of aromatic amines is 1. The van der Waals surface area contributed by atoms with Gasteiger partial charge >= 0.3 is 0 Å². The number of nitrogens with zero attached hydrogens (tertiary/aromatic N) is 2. The summed E-state index contributed by atoms with van der Waals surface area (Å²) in [5.74, 6) is 0.241. The molecule has 0 aliphatic carbocycles. The molecule has 1 amide bonds. The normalized spacial score (nSPS) is 28.1.